The maximum Gasteiger partial charge on any atom is 0.0233 e. The third-order valence-electron chi connectivity index (χ3n) is 3.63. The van der Waals surface area contributed by atoms with Gasteiger partial charge in [0, 0.05) is 11.3 Å². The van der Waals surface area contributed by atoms with Gasteiger partial charge in [0.2, 0.25) is 0 Å². The molecule has 0 spiro atoms. The van der Waals surface area contributed by atoms with Gasteiger partial charge in [-0.2, -0.15) is 11.8 Å². The zero-order valence-electron chi connectivity index (χ0n) is 5.99. The molecule has 2 heteroatoms. The highest BCUT2D eigenvalue weighted by Crippen LogP contribution is 2.58. The van der Waals surface area contributed by atoms with E-state index in [1.165, 1.54) is 18.6 Å². The Labute approximate surface area is 65.7 Å². The number of nitrogens with two attached hydrogens (primary N) is 1. The van der Waals surface area contributed by atoms with Gasteiger partial charge in [0.1, 0.15) is 0 Å². The van der Waals surface area contributed by atoms with Gasteiger partial charge in [-0.3, -0.25) is 0 Å². The lowest BCUT2D eigenvalue weighted by atomic mass is 9.88. The van der Waals surface area contributed by atoms with E-state index in [-0.39, 0.29) is 0 Å². The van der Waals surface area contributed by atoms with Crippen LogP contribution in [0.15, 0.2) is 0 Å². The second-order valence-electron chi connectivity index (χ2n) is 4.03. The van der Waals surface area contributed by atoms with Crippen LogP contribution in [0.25, 0.3) is 0 Å². The second-order valence-corrected chi connectivity index (χ2v) is 5.24. The summed E-state index contributed by atoms with van der Waals surface area (Å²) in [5, 5.41) is 0.865. The van der Waals surface area contributed by atoms with E-state index < -0.39 is 0 Å². The Balaban J connectivity index is 2.00. The summed E-state index contributed by atoms with van der Waals surface area (Å²) in [6.45, 7) is 0. The topological polar surface area (TPSA) is 26.0 Å². The lowest BCUT2D eigenvalue weighted by Gasteiger charge is -2.23. The molecule has 3 rings (SSSR count). The molecule has 5 atom stereocenters. The molecule has 3 aliphatic rings. The lowest BCUT2D eigenvalue weighted by Crippen LogP contribution is -2.37. The summed E-state index contributed by atoms with van der Waals surface area (Å²) in [6, 6.07) is 0.564. The average molecular weight is 155 g/mol. The monoisotopic (exact) mass is 155 g/mol. The Bertz CT molecular complexity index is 169. The van der Waals surface area contributed by atoms with Crippen LogP contribution in [-0.2, 0) is 0 Å². The molecular formula is C8H13NS. The van der Waals surface area contributed by atoms with Crippen molar-refractivity contribution in [1.29, 1.82) is 0 Å². The van der Waals surface area contributed by atoms with E-state index in [0.29, 0.717) is 6.04 Å². The van der Waals surface area contributed by atoms with Crippen molar-refractivity contribution < 1.29 is 0 Å². The van der Waals surface area contributed by atoms with Gasteiger partial charge in [0.25, 0.3) is 0 Å². The minimum atomic E-state index is 0.564. The summed E-state index contributed by atoms with van der Waals surface area (Å²) in [5.41, 5.74) is 6.08. The number of thioether (sulfide) groups is 1. The van der Waals surface area contributed by atoms with Gasteiger partial charge in [0.15, 0.2) is 0 Å². The fraction of sp³-hybridized carbons (Fsp3) is 1.00. The van der Waals surface area contributed by atoms with Crippen LogP contribution in [0.4, 0.5) is 0 Å². The quantitative estimate of drug-likeness (QED) is 0.566. The molecule has 1 heterocycles. The molecular weight excluding hydrogens is 142 g/mol. The van der Waals surface area contributed by atoms with Crippen LogP contribution in [0.2, 0.25) is 0 Å². The molecule has 2 aliphatic carbocycles. The first-order valence-corrected chi connectivity index (χ1v) is 5.28. The molecule has 0 unspecified atom stereocenters. The summed E-state index contributed by atoms with van der Waals surface area (Å²) in [5.74, 6) is 4.43. The molecule has 2 saturated carbocycles. The molecule has 1 nitrogen and oxygen atoms in total. The minimum Gasteiger partial charge on any atom is -0.326 e. The summed E-state index contributed by atoms with van der Waals surface area (Å²) in [7, 11) is 0. The molecule has 2 bridgehead atoms. The predicted octanol–water partition coefficient (Wildman–Crippen LogP) is 1.09. The Hall–Kier alpha value is 0.310. The van der Waals surface area contributed by atoms with Crippen LogP contribution in [0.1, 0.15) is 12.8 Å². The first kappa shape index (κ1) is 5.90. The van der Waals surface area contributed by atoms with Crippen LogP contribution in [0, 0.1) is 17.8 Å². The van der Waals surface area contributed by atoms with Crippen molar-refractivity contribution in [1.82, 2.24) is 0 Å². The lowest BCUT2D eigenvalue weighted by molar-refractivity contribution is 0.362. The molecule has 0 aromatic carbocycles. The SMILES string of the molecule is N[C@H]1[C@@H]2C[C@H]3CS[C@H]1[C@H]3C2. The molecule has 1 aliphatic heterocycles. The highest BCUT2D eigenvalue weighted by atomic mass is 32.2. The van der Waals surface area contributed by atoms with Crippen LogP contribution in [0.3, 0.4) is 0 Å². The number of fused-ring (bicyclic) bond motifs is 1. The van der Waals surface area contributed by atoms with E-state index >= 15 is 0 Å². The summed E-state index contributed by atoms with van der Waals surface area (Å²) < 4.78 is 0. The zero-order chi connectivity index (χ0) is 6.72. The van der Waals surface area contributed by atoms with Crippen LogP contribution >= 0.6 is 11.8 Å². The standard InChI is InChI=1S/C8H13NS/c9-7-4-1-5-3-10-8(7)6(5)2-4/h4-8H,1-3,9H2/t4-,5+,6+,7+,8+/m1/s1. The molecule has 0 aromatic heterocycles. The van der Waals surface area contributed by atoms with Gasteiger partial charge >= 0.3 is 0 Å². The molecule has 1 saturated heterocycles. The maximum absolute atomic E-state index is 6.08. The molecule has 0 aromatic rings. The summed E-state index contributed by atoms with van der Waals surface area (Å²) in [6.07, 6.45) is 2.92. The van der Waals surface area contributed by atoms with Crippen molar-refractivity contribution in [3.63, 3.8) is 0 Å². The van der Waals surface area contributed by atoms with Gasteiger partial charge in [-0.05, 0) is 36.3 Å². The Morgan fingerprint density at radius 1 is 1.20 bits per heavy atom. The normalized spacial score (nSPS) is 63.9. The number of hydrogen-bond donors (Lipinski definition) is 1. The van der Waals surface area contributed by atoms with Gasteiger partial charge < -0.3 is 5.73 Å². The van der Waals surface area contributed by atoms with Crippen LogP contribution in [-0.4, -0.2) is 17.0 Å². The first-order chi connectivity index (χ1) is 4.86. The molecule has 0 radical (unpaired) electrons. The molecule has 2 N–H and O–H groups in total. The van der Waals surface area contributed by atoms with E-state index in [0.717, 1.165) is 23.0 Å². The Morgan fingerprint density at radius 2 is 2.10 bits per heavy atom. The highest BCUT2D eigenvalue weighted by Gasteiger charge is 2.54. The minimum absolute atomic E-state index is 0.564. The van der Waals surface area contributed by atoms with Gasteiger partial charge in [0.05, 0.1) is 0 Å². The third-order valence-corrected chi connectivity index (χ3v) is 5.30. The van der Waals surface area contributed by atoms with Crippen molar-refractivity contribution in [3.8, 4) is 0 Å². The van der Waals surface area contributed by atoms with E-state index in [9.17, 15) is 0 Å². The smallest absolute Gasteiger partial charge is 0.0233 e. The van der Waals surface area contributed by atoms with Crippen molar-refractivity contribution in [2.24, 2.45) is 23.5 Å². The highest BCUT2D eigenvalue weighted by molar-refractivity contribution is 8.00. The third kappa shape index (κ3) is 0.517. The molecule has 10 heavy (non-hydrogen) atoms. The largest absolute Gasteiger partial charge is 0.326 e. The van der Waals surface area contributed by atoms with Crippen LogP contribution in [0.5, 0.6) is 0 Å². The molecule has 0 amide bonds. The van der Waals surface area contributed by atoms with Crippen LogP contribution < -0.4 is 5.73 Å². The van der Waals surface area contributed by atoms with Gasteiger partial charge in [-0.25, -0.2) is 0 Å². The van der Waals surface area contributed by atoms with Crippen molar-refractivity contribution in [2.75, 3.05) is 5.75 Å². The van der Waals surface area contributed by atoms with E-state index in [1.807, 2.05) is 0 Å². The van der Waals surface area contributed by atoms with Gasteiger partial charge in [-0.1, -0.05) is 0 Å². The van der Waals surface area contributed by atoms with E-state index in [1.54, 1.807) is 0 Å². The maximum atomic E-state index is 6.08. The van der Waals surface area contributed by atoms with E-state index in [4.69, 9.17) is 5.73 Å². The summed E-state index contributed by atoms with van der Waals surface area (Å²) in [4.78, 5) is 0. The van der Waals surface area contributed by atoms with Gasteiger partial charge in [-0.15, -0.1) is 0 Å². The second kappa shape index (κ2) is 1.72. The first-order valence-electron chi connectivity index (χ1n) is 4.23. The zero-order valence-corrected chi connectivity index (χ0v) is 6.81. The van der Waals surface area contributed by atoms with Crippen molar-refractivity contribution in [2.45, 2.75) is 24.1 Å². The Morgan fingerprint density at radius 3 is 2.80 bits per heavy atom. The van der Waals surface area contributed by atoms with Crippen molar-refractivity contribution in [3.05, 3.63) is 0 Å². The predicted molar refractivity (Wildman–Crippen MR) is 43.9 cm³/mol. The molecule has 3 fully saturated rings. The average Bonchev–Trinajstić information content (AvgIpc) is 2.43. The fourth-order valence-electron chi connectivity index (χ4n) is 3.13. The molecule has 56 valence electrons. The van der Waals surface area contributed by atoms with E-state index in [2.05, 4.69) is 11.8 Å². The fourth-order valence-corrected chi connectivity index (χ4v) is 5.01. The number of hydrogen-bond acceptors (Lipinski definition) is 2. The summed E-state index contributed by atoms with van der Waals surface area (Å²) >= 11 is 2.15. The number of rotatable bonds is 0. The Kier molecular flexibility index (Phi) is 1.02. The van der Waals surface area contributed by atoms with Crippen molar-refractivity contribution >= 4 is 11.8 Å².